The molecule has 0 unspecified atom stereocenters. The van der Waals surface area contributed by atoms with Gasteiger partial charge in [-0.1, -0.05) is 42.5 Å². The van der Waals surface area contributed by atoms with Gasteiger partial charge in [-0.05, 0) is 23.3 Å². The van der Waals surface area contributed by atoms with Crippen molar-refractivity contribution in [3.8, 4) is 0 Å². The van der Waals surface area contributed by atoms with E-state index in [1.807, 2.05) is 42.5 Å². The van der Waals surface area contributed by atoms with Crippen LogP contribution in [0.4, 0.5) is 0 Å². The van der Waals surface area contributed by atoms with Gasteiger partial charge < -0.3 is 11.1 Å². The summed E-state index contributed by atoms with van der Waals surface area (Å²) in [5.74, 6) is -0.0672. The Balaban J connectivity index is 0.00000180. The van der Waals surface area contributed by atoms with Crippen LogP contribution in [0.15, 0.2) is 54.6 Å². The average molecular weight is 277 g/mol. The lowest BCUT2D eigenvalue weighted by atomic mass is 10.1. The van der Waals surface area contributed by atoms with E-state index in [1.165, 1.54) is 0 Å². The number of rotatable bonds is 4. The molecule has 0 aliphatic rings. The fourth-order valence-electron chi connectivity index (χ4n) is 1.67. The van der Waals surface area contributed by atoms with Gasteiger partial charge in [0.2, 0.25) is 0 Å². The number of nitrogens with two attached hydrogens (primary N) is 1. The van der Waals surface area contributed by atoms with Crippen molar-refractivity contribution in [2.24, 2.45) is 5.73 Å². The molecule has 0 aromatic heterocycles. The Kier molecular flexibility index (Phi) is 6.06. The molecule has 0 spiro atoms. The Morgan fingerprint density at radius 3 is 2.16 bits per heavy atom. The first-order valence-electron chi connectivity index (χ1n) is 5.91. The summed E-state index contributed by atoms with van der Waals surface area (Å²) in [6, 6.07) is 17.2. The second kappa shape index (κ2) is 7.56. The predicted molar refractivity (Wildman–Crippen MR) is 79.2 cm³/mol. The van der Waals surface area contributed by atoms with Crippen LogP contribution in [0.1, 0.15) is 21.5 Å². The van der Waals surface area contributed by atoms with Crippen molar-refractivity contribution in [3.63, 3.8) is 0 Å². The minimum absolute atomic E-state index is 0. The zero-order valence-corrected chi connectivity index (χ0v) is 11.3. The Morgan fingerprint density at radius 2 is 1.58 bits per heavy atom. The predicted octanol–water partition coefficient (Wildman–Crippen LogP) is 2.50. The molecule has 0 saturated carbocycles. The SMILES string of the molecule is Cl.NCc1ccc(C(=O)NCc2ccccc2)cc1. The Hall–Kier alpha value is -1.84. The molecular weight excluding hydrogens is 260 g/mol. The Morgan fingerprint density at radius 1 is 0.947 bits per heavy atom. The third-order valence-corrected chi connectivity index (χ3v) is 2.75. The second-order valence-corrected chi connectivity index (χ2v) is 4.07. The number of nitrogens with one attached hydrogen (secondary N) is 1. The zero-order chi connectivity index (χ0) is 12.8. The number of carbonyl (C=O) groups is 1. The standard InChI is InChI=1S/C15H16N2O.ClH/c16-10-12-6-8-14(9-7-12)15(18)17-11-13-4-2-1-3-5-13;/h1-9H,10-11,16H2,(H,17,18);1H. The molecule has 0 bridgehead atoms. The van der Waals surface area contributed by atoms with Crippen LogP contribution in [-0.4, -0.2) is 5.91 Å². The van der Waals surface area contributed by atoms with E-state index in [0.717, 1.165) is 11.1 Å². The number of carbonyl (C=O) groups excluding carboxylic acids is 1. The van der Waals surface area contributed by atoms with Crippen LogP contribution in [0.3, 0.4) is 0 Å². The van der Waals surface area contributed by atoms with Crippen molar-refractivity contribution in [2.75, 3.05) is 0 Å². The van der Waals surface area contributed by atoms with Crippen LogP contribution in [0, 0.1) is 0 Å². The van der Waals surface area contributed by atoms with Crippen LogP contribution >= 0.6 is 12.4 Å². The Bertz CT molecular complexity index is 511. The summed E-state index contributed by atoms with van der Waals surface area (Å²) in [5.41, 5.74) is 8.28. The lowest BCUT2D eigenvalue weighted by Crippen LogP contribution is -2.22. The van der Waals surface area contributed by atoms with E-state index in [0.29, 0.717) is 18.7 Å². The van der Waals surface area contributed by atoms with Crippen LogP contribution in [0.5, 0.6) is 0 Å². The minimum atomic E-state index is -0.0672. The highest BCUT2D eigenvalue weighted by Crippen LogP contribution is 2.04. The van der Waals surface area contributed by atoms with Gasteiger partial charge in [-0.3, -0.25) is 4.79 Å². The molecule has 0 aliphatic carbocycles. The molecule has 0 saturated heterocycles. The van der Waals surface area contributed by atoms with Crippen molar-refractivity contribution >= 4 is 18.3 Å². The fourth-order valence-corrected chi connectivity index (χ4v) is 1.67. The summed E-state index contributed by atoms with van der Waals surface area (Å²) in [6.45, 7) is 1.03. The molecule has 3 N–H and O–H groups in total. The summed E-state index contributed by atoms with van der Waals surface area (Å²) in [4.78, 5) is 11.9. The van der Waals surface area contributed by atoms with Crippen LogP contribution < -0.4 is 11.1 Å². The molecule has 2 aromatic carbocycles. The maximum absolute atomic E-state index is 11.9. The van der Waals surface area contributed by atoms with Gasteiger partial charge in [0, 0.05) is 18.7 Å². The molecule has 2 aromatic rings. The lowest BCUT2D eigenvalue weighted by molar-refractivity contribution is 0.0951. The van der Waals surface area contributed by atoms with Crippen molar-refractivity contribution in [2.45, 2.75) is 13.1 Å². The van der Waals surface area contributed by atoms with Crippen LogP contribution in [0.2, 0.25) is 0 Å². The molecule has 0 fully saturated rings. The van der Waals surface area contributed by atoms with Crippen LogP contribution in [0.25, 0.3) is 0 Å². The summed E-state index contributed by atoms with van der Waals surface area (Å²) < 4.78 is 0. The minimum Gasteiger partial charge on any atom is -0.348 e. The molecule has 19 heavy (non-hydrogen) atoms. The smallest absolute Gasteiger partial charge is 0.251 e. The van der Waals surface area contributed by atoms with E-state index in [2.05, 4.69) is 5.32 Å². The lowest BCUT2D eigenvalue weighted by Gasteiger charge is -2.06. The third kappa shape index (κ3) is 4.39. The maximum atomic E-state index is 11.9. The van der Waals surface area contributed by atoms with Gasteiger partial charge in [-0.15, -0.1) is 12.4 Å². The van der Waals surface area contributed by atoms with E-state index in [-0.39, 0.29) is 18.3 Å². The maximum Gasteiger partial charge on any atom is 0.251 e. The van der Waals surface area contributed by atoms with E-state index in [1.54, 1.807) is 12.1 Å². The highest BCUT2D eigenvalue weighted by Gasteiger charge is 2.04. The van der Waals surface area contributed by atoms with E-state index in [9.17, 15) is 4.79 Å². The third-order valence-electron chi connectivity index (χ3n) is 2.75. The molecule has 2 rings (SSSR count). The number of benzene rings is 2. The largest absolute Gasteiger partial charge is 0.348 e. The van der Waals surface area contributed by atoms with Crippen molar-refractivity contribution < 1.29 is 4.79 Å². The molecular formula is C15H17ClN2O. The fraction of sp³-hybridized carbons (Fsp3) is 0.133. The number of halogens is 1. The zero-order valence-electron chi connectivity index (χ0n) is 10.5. The molecule has 1 amide bonds. The molecule has 0 radical (unpaired) electrons. The van der Waals surface area contributed by atoms with Gasteiger partial charge in [0.25, 0.3) is 5.91 Å². The van der Waals surface area contributed by atoms with Gasteiger partial charge >= 0.3 is 0 Å². The van der Waals surface area contributed by atoms with Gasteiger partial charge in [-0.2, -0.15) is 0 Å². The van der Waals surface area contributed by atoms with E-state index >= 15 is 0 Å². The molecule has 100 valence electrons. The highest BCUT2D eigenvalue weighted by atomic mass is 35.5. The molecule has 4 heteroatoms. The van der Waals surface area contributed by atoms with E-state index < -0.39 is 0 Å². The average Bonchev–Trinajstić information content (AvgIpc) is 2.46. The quantitative estimate of drug-likeness (QED) is 0.901. The van der Waals surface area contributed by atoms with Gasteiger partial charge in [0.05, 0.1) is 0 Å². The topological polar surface area (TPSA) is 55.1 Å². The molecule has 0 aliphatic heterocycles. The Labute approximate surface area is 119 Å². The normalized spacial score (nSPS) is 9.53. The van der Waals surface area contributed by atoms with Crippen molar-refractivity contribution in [3.05, 3.63) is 71.3 Å². The number of hydrogen-bond acceptors (Lipinski definition) is 2. The molecule has 3 nitrogen and oxygen atoms in total. The molecule has 0 heterocycles. The first-order chi connectivity index (χ1) is 8.79. The second-order valence-electron chi connectivity index (χ2n) is 4.07. The first kappa shape index (κ1) is 15.2. The van der Waals surface area contributed by atoms with Crippen molar-refractivity contribution in [1.82, 2.24) is 5.32 Å². The van der Waals surface area contributed by atoms with Gasteiger partial charge in [0.1, 0.15) is 0 Å². The summed E-state index contributed by atoms with van der Waals surface area (Å²) in [5, 5.41) is 2.88. The van der Waals surface area contributed by atoms with Gasteiger partial charge in [0.15, 0.2) is 0 Å². The van der Waals surface area contributed by atoms with E-state index in [4.69, 9.17) is 5.73 Å². The monoisotopic (exact) mass is 276 g/mol. The first-order valence-corrected chi connectivity index (χ1v) is 5.91. The summed E-state index contributed by atoms with van der Waals surface area (Å²) in [7, 11) is 0. The molecule has 0 atom stereocenters. The number of amides is 1. The van der Waals surface area contributed by atoms with Gasteiger partial charge in [-0.25, -0.2) is 0 Å². The van der Waals surface area contributed by atoms with Crippen molar-refractivity contribution in [1.29, 1.82) is 0 Å². The van der Waals surface area contributed by atoms with Crippen LogP contribution in [-0.2, 0) is 13.1 Å². The highest BCUT2D eigenvalue weighted by molar-refractivity contribution is 5.94. The number of hydrogen-bond donors (Lipinski definition) is 2. The summed E-state index contributed by atoms with van der Waals surface area (Å²) >= 11 is 0. The summed E-state index contributed by atoms with van der Waals surface area (Å²) in [6.07, 6.45) is 0.